The summed E-state index contributed by atoms with van der Waals surface area (Å²) in [4.78, 5) is 8.08. The fourth-order valence-corrected chi connectivity index (χ4v) is 1.64. The molecule has 0 aliphatic carbocycles. The molecular weight excluding hydrogens is 214 g/mol. The van der Waals surface area contributed by atoms with E-state index in [-0.39, 0.29) is 0 Å². The maximum Gasteiger partial charge on any atom is 0.198 e. The number of hydrogen-bond acceptors (Lipinski definition) is 4. The zero-order valence-corrected chi connectivity index (χ0v) is 8.83. The summed E-state index contributed by atoms with van der Waals surface area (Å²) in [5, 5.41) is 10.3. The van der Waals surface area contributed by atoms with Gasteiger partial charge in [0.15, 0.2) is 6.33 Å². The third-order valence-corrected chi connectivity index (χ3v) is 2.41. The summed E-state index contributed by atoms with van der Waals surface area (Å²) in [6.07, 6.45) is 6.00. The lowest BCUT2D eigenvalue weighted by molar-refractivity contribution is 0.940. The van der Waals surface area contributed by atoms with Gasteiger partial charge >= 0.3 is 0 Å². The molecule has 2 heterocycles. The van der Waals surface area contributed by atoms with Crippen molar-refractivity contribution in [3.8, 4) is 22.5 Å². The van der Waals surface area contributed by atoms with Gasteiger partial charge in [0.25, 0.3) is 0 Å². The van der Waals surface area contributed by atoms with Crippen LogP contribution in [0.3, 0.4) is 0 Å². The summed E-state index contributed by atoms with van der Waals surface area (Å²) in [5.74, 6) is 0. The van der Waals surface area contributed by atoms with Crippen molar-refractivity contribution in [3.63, 3.8) is 0 Å². The molecule has 3 rings (SSSR count). The molecule has 0 amide bonds. The van der Waals surface area contributed by atoms with E-state index in [9.17, 15) is 0 Å². The fourth-order valence-electron chi connectivity index (χ4n) is 1.64. The molecule has 1 aromatic carbocycles. The van der Waals surface area contributed by atoms with Crippen molar-refractivity contribution < 1.29 is 0 Å². The monoisotopic (exact) mass is 222 g/mol. The van der Waals surface area contributed by atoms with Crippen LogP contribution >= 0.6 is 0 Å². The van der Waals surface area contributed by atoms with Crippen molar-refractivity contribution in [1.82, 2.24) is 25.4 Å². The molecule has 3 aromatic rings. The molecule has 5 heteroatoms. The van der Waals surface area contributed by atoms with Crippen LogP contribution in [0.25, 0.3) is 22.5 Å². The second kappa shape index (κ2) is 4.13. The number of nitrogens with zero attached hydrogens (tertiary/aromatic N) is 4. The first-order chi connectivity index (χ1) is 8.45. The molecule has 1 radical (unpaired) electrons. The Morgan fingerprint density at radius 1 is 1.12 bits per heavy atom. The topological polar surface area (TPSA) is 67.3 Å². The van der Waals surface area contributed by atoms with Crippen LogP contribution in [0.15, 0.2) is 42.7 Å². The Morgan fingerprint density at radius 2 is 2.00 bits per heavy atom. The summed E-state index contributed by atoms with van der Waals surface area (Å²) >= 11 is 0. The third kappa shape index (κ3) is 1.78. The van der Waals surface area contributed by atoms with Gasteiger partial charge in [-0.15, -0.1) is 5.10 Å². The molecule has 0 bridgehead atoms. The summed E-state index contributed by atoms with van der Waals surface area (Å²) in [6, 6.07) is 9.91. The van der Waals surface area contributed by atoms with Crippen molar-refractivity contribution >= 4 is 0 Å². The lowest BCUT2D eigenvalue weighted by Gasteiger charge is -2.04. The van der Waals surface area contributed by atoms with Crippen LogP contribution in [-0.2, 0) is 0 Å². The van der Waals surface area contributed by atoms with E-state index in [1.54, 1.807) is 12.4 Å². The lowest BCUT2D eigenvalue weighted by atomic mass is 10.0. The zero-order chi connectivity index (χ0) is 11.5. The second-order valence-electron chi connectivity index (χ2n) is 3.46. The number of aromatic amines is 1. The molecule has 0 spiro atoms. The van der Waals surface area contributed by atoms with Crippen molar-refractivity contribution in [2.45, 2.75) is 0 Å². The summed E-state index contributed by atoms with van der Waals surface area (Å²) < 4.78 is 0. The Hall–Kier alpha value is -2.56. The van der Waals surface area contributed by atoms with Crippen molar-refractivity contribution in [1.29, 1.82) is 0 Å². The van der Waals surface area contributed by atoms with E-state index >= 15 is 0 Å². The quantitative estimate of drug-likeness (QED) is 0.717. The summed E-state index contributed by atoms with van der Waals surface area (Å²) in [5.41, 5.74) is 3.36. The Morgan fingerprint density at radius 3 is 2.76 bits per heavy atom. The predicted molar refractivity (Wildman–Crippen MR) is 61.7 cm³/mol. The van der Waals surface area contributed by atoms with Crippen molar-refractivity contribution in [2.24, 2.45) is 0 Å². The number of aromatic nitrogens is 5. The van der Waals surface area contributed by atoms with Gasteiger partial charge in [-0.25, -0.2) is 9.97 Å². The smallest absolute Gasteiger partial charge is 0.198 e. The third-order valence-electron chi connectivity index (χ3n) is 2.41. The Kier molecular flexibility index (Phi) is 2.34. The van der Waals surface area contributed by atoms with Gasteiger partial charge in [-0.1, -0.05) is 35.5 Å². The van der Waals surface area contributed by atoms with E-state index in [1.165, 1.54) is 0 Å². The first-order valence-corrected chi connectivity index (χ1v) is 5.10. The normalized spacial score (nSPS) is 10.4. The number of rotatable bonds is 2. The van der Waals surface area contributed by atoms with Crippen LogP contribution in [0.5, 0.6) is 0 Å². The molecule has 0 saturated carbocycles. The molecular formula is C12H8N5. The molecule has 2 aromatic heterocycles. The fraction of sp³-hybridized carbons (Fsp3) is 0. The van der Waals surface area contributed by atoms with E-state index in [0.717, 1.165) is 16.8 Å². The summed E-state index contributed by atoms with van der Waals surface area (Å²) in [7, 11) is 0. The molecule has 0 atom stereocenters. The van der Waals surface area contributed by atoms with E-state index in [0.29, 0.717) is 5.69 Å². The van der Waals surface area contributed by atoms with Crippen LogP contribution in [0.4, 0.5) is 0 Å². The van der Waals surface area contributed by atoms with Gasteiger partial charge in [-0.2, -0.15) is 0 Å². The number of nitrogens with one attached hydrogen (secondary N) is 1. The average molecular weight is 222 g/mol. The highest BCUT2D eigenvalue weighted by Crippen LogP contribution is 2.27. The maximum atomic E-state index is 4.14. The average Bonchev–Trinajstić information content (AvgIpc) is 2.94. The van der Waals surface area contributed by atoms with Gasteiger partial charge in [0.05, 0.1) is 6.20 Å². The Balaban J connectivity index is 2.18. The minimum absolute atomic E-state index is 0.683. The highest BCUT2D eigenvalue weighted by Gasteiger charge is 2.10. The van der Waals surface area contributed by atoms with Gasteiger partial charge in [0.1, 0.15) is 11.4 Å². The van der Waals surface area contributed by atoms with Crippen molar-refractivity contribution in [3.05, 3.63) is 49.1 Å². The molecule has 5 nitrogen and oxygen atoms in total. The number of hydrogen-bond donors (Lipinski definition) is 1. The first kappa shape index (κ1) is 9.65. The molecule has 0 fully saturated rings. The van der Waals surface area contributed by atoms with Crippen LogP contribution in [0, 0.1) is 6.33 Å². The highest BCUT2D eigenvalue weighted by atomic mass is 15.3. The Labute approximate surface area is 97.6 Å². The molecule has 0 aliphatic heterocycles. The molecule has 17 heavy (non-hydrogen) atoms. The molecule has 1 N–H and O–H groups in total. The zero-order valence-electron chi connectivity index (χ0n) is 8.83. The lowest BCUT2D eigenvalue weighted by Crippen LogP contribution is -1.91. The van der Waals surface area contributed by atoms with Gasteiger partial charge < -0.3 is 0 Å². The van der Waals surface area contributed by atoms with Crippen LogP contribution < -0.4 is 0 Å². The van der Waals surface area contributed by atoms with Gasteiger partial charge in [0.2, 0.25) is 0 Å². The molecule has 0 unspecified atom stereocenters. The second-order valence-corrected chi connectivity index (χ2v) is 3.46. The first-order valence-electron chi connectivity index (χ1n) is 5.10. The molecule has 0 saturated heterocycles. The highest BCUT2D eigenvalue weighted by molar-refractivity contribution is 5.77. The largest absolute Gasteiger partial charge is 0.265 e. The van der Waals surface area contributed by atoms with E-state index in [2.05, 4.69) is 31.7 Å². The van der Waals surface area contributed by atoms with Gasteiger partial charge in [0, 0.05) is 11.8 Å². The SMILES string of the molecule is [c]1ncc(-c2ccccc2)c(-c2c[nH]nn2)n1. The summed E-state index contributed by atoms with van der Waals surface area (Å²) in [6.45, 7) is 0. The van der Waals surface area contributed by atoms with Gasteiger partial charge in [-0.3, -0.25) is 5.10 Å². The van der Waals surface area contributed by atoms with Crippen LogP contribution in [-0.4, -0.2) is 25.4 Å². The number of benzene rings is 1. The van der Waals surface area contributed by atoms with Crippen LogP contribution in [0.2, 0.25) is 0 Å². The predicted octanol–water partition coefficient (Wildman–Crippen LogP) is 1.73. The van der Waals surface area contributed by atoms with E-state index < -0.39 is 0 Å². The number of H-pyrrole nitrogens is 1. The minimum Gasteiger partial charge on any atom is -0.265 e. The van der Waals surface area contributed by atoms with Gasteiger partial charge in [-0.05, 0) is 5.56 Å². The molecule has 0 aliphatic rings. The van der Waals surface area contributed by atoms with Crippen molar-refractivity contribution in [2.75, 3.05) is 0 Å². The Bertz CT molecular complexity index is 604. The van der Waals surface area contributed by atoms with E-state index in [4.69, 9.17) is 0 Å². The maximum absolute atomic E-state index is 4.14. The van der Waals surface area contributed by atoms with Crippen LogP contribution in [0.1, 0.15) is 0 Å². The van der Waals surface area contributed by atoms with E-state index in [1.807, 2.05) is 30.3 Å². The standard InChI is InChI=1S/C12H8N5/c1-2-4-9(5-3-1)10-6-13-8-14-12(10)11-7-15-17-16-11/h1-7H,(H,15,16,17). The molecule has 81 valence electrons. The minimum atomic E-state index is 0.683.